The molecule has 0 aromatic heterocycles. The number of carbonyl (C=O) groups excluding carboxylic acids is 1. The van der Waals surface area contributed by atoms with Crippen molar-refractivity contribution in [2.24, 2.45) is 5.41 Å². The van der Waals surface area contributed by atoms with E-state index in [2.05, 4.69) is 10.6 Å². The van der Waals surface area contributed by atoms with Crippen LogP contribution in [-0.2, 0) is 15.6 Å². The lowest BCUT2D eigenvalue weighted by Crippen LogP contribution is -2.47. The van der Waals surface area contributed by atoms with Crippen LogP contribution in [0.1, 0.15) is 32.6 Å². The SMILES string of the molecule is CC(CNC(=O)NCC1(CC(=O)O)CCC1)S(C)=O. The van der Waals surface area contributed by atoms with Crippen LogP contribution in [0.5, 0.6) is 0 Å². The maximum absolute atomic E-state index is 11.6. The highest BCUT2D eigenvalue weighted by Crippen LogP contribution is 2.43. The van der Waals surface area contributed by atoms with E-state index >= 15 is 0 Å². The molecule has 0 aromatic rings. The van der Waals surface area contributed by atoms with Gasteiger partial charge in [-0.15, -0.1) is 0 Å². The van der Waals surface area contributed by atoms with E-state index in [9.17, 15) is 13.8 Å². The molecule has 2 amide bonds. The highest BCUT2D eigenvalue weighted by molar-refractivity contribution is 7.84. The average Bonchev–Trinajstić information content (AvgIpc) is 2.28. The van der Waals surface area contributed by atoms with E-state index in [1.807, 2.05) is 0 Å². The predicted octanol–water partition coefficient (Wildman–Crippen LogP) is 0.698. The monoisotopic (exact) mass is 290 g/mol. The Bertz CT molecular complexity index is 369. The van der Waals surface area contributed by atoms with E-state index < -0.39 is 16.8 Å². The van der Waals surface area contributed by atoms with Gasteiger partial charge in [0.25, 0.3) is 0 Å². The summed E-state index contributed by atoms with van der Waals surface area (Å²) < 4.78 is 11.1. The van der Waals surface area contributed by atoms with Crippen molar-refractivity contribution in [3.05, 3.63) is 0 Å². The molecule has 0 heterocycles. The van der Waals surface area contributed by atoms with Crippen molar-refractivity contribution in [2.45, 2.75) is 37.9 Å². The topological polar surface area (TPSA) is 95.5 Å². The van der Waals surface area contributed by atoms with Gasteiger partial charge < -0.3 is 15.7 Å². The summed E-state index contributed by atoms with van der Waals surface area (Å²) in [5.74, 6) is -0.822. The molecule has 2 unspecified atom stereocenters. The summed E-state index contributed by atoms with van der Waals surface area (Å²) in [5, 5.41) is 14.1. The number of aliphatic carboxylic acids is 1. The van der Waals surface area contributed by atoms with Crippen LogP contribution in [0.3, 0.4) is 0 Å². The molecule has 2 atom stereocenters. The minimum Gasteiger partial charge on any atom is -0.481 e. The number of carbonyl (C=O) groups is 2. The zero-order chi connectivity index (χ0) is 14.5. The number of carboxylic acid groups (broad SMARTS) is 1. The fourth-order valence-corrected chi connectivity index (χ4v) is 2.42. The molecule has 0 aliphatic heterocycles. The van der Waals surface area contributed by atoms with Gasteiger partial charge in [0.1, 0.15) is 0 Å². The molecule has 0 radical (unpaired) electrons. The molecule has 3 N–H and O–H groups in total. The van der Waals surface area contributed by atoms with Crippen LogP contribution in [0.25, 0.3) is 0 Å². The number of hydrogen-bond acceptors (Lipinski definition) is 3. The second-order valence-electron chi connectivity index (χ2n) is 5.30. The molecule has 1 aliphatic carbocycles. The van der Waals surface area contributed by atoms with Crippen LogP contribution >= 0.6 is 0 Å². The normalized spacial score (nSPS) is 19.9. The van der Waals surface area contributed by atoms with Crippen LogP contribution in [0.2, 0.25) is 0 Å². The lowest BCUT2D eigenvalue weighted by molar-refractivity contribution is -0.141. The highest BCUT2D eigenvalue weighted by Gasteiger charge is 2.39. The lowest BCUT2D eigenvalue weighted by atomic mass is 9.66. The molecule has 0 saturated heterocycles. The smallest absolute Gasteiger partial charge is 0.314 e. The summed E-state index contributed by atoms with van der Waals surface area (Å²) in [6.07, 6.45) is 4.40. The van der Waals surface area contributed by atoms with Crippen molar-refractivity contribution in [1.29, 1.82) is 0 Å². The van der Waals surface area contributed by atoms with Gasteiger partial charge in [-0.1, -0.05) is 6.42 Å². The standard InChI is InChI=1S/C12H22N2O4S/c1-9(19(2)18)7-13-11(17)14-8-12(4-3-5-12)6-10(15)16/h9H,3-8H2,1-2H3,(H,15,16)(H2,13,14,17). The molecule has 7 heteroatoms. The predicted molar refractivity (Wildman–Crippen MR) is 73.5 cm³/mol. The Hall–Kier alpha value is -1.11. The number of urea groups is 1. The maximum atomic E-state index is 11.6. The van der Waals surface area contributed by atoms with Gasteiger partial charge >= 0.3 is 12.0 Å². The van der Waals surface area contributed by atoms with Gasteiger partial charge in [0.2, 0.25) is 0 Å². The van der Waals surface area contributed by atoms with Gasteiger partial charge in [-0.2, -0.15) is 0 Å². The quantitative estimate of drug-likeness (QED) is 0.643. The Morgan fingerprint density at radius 2 is 2.00 bits per heavy atom. The lowest BCUT2D eigenvalue weighted by Gasteiger charge is -2.40. The van der Waals surface area contributed by atoms with E-state index in [0.29, 0.717) is 13.1 Å². The van der Waals surface area contributed by atoms with Crippen LogP contribution in [0, 0.1) is 5.41 Å². The van der Waals surface area contributed by atoms with E-state index in [-0.39, 0.29) is 23.1 Å². The highest BCUT2D eigenvalue weighted by atomic mass is 32.2. The molecule has 19 heavy (non-hydrogen) atoms. The van der Waals surface area contributed by atoms with E-state index in [0.717, 1.165) is 19.3 Å². The third-order valence-corrected chi connectivity index (χ3v) is 4.98. The maximum Gasteiger partial charge on any atom is 0.314 e. The molecule has 6 nitrogen and oxygen atoms in total. The summed E-state index contributed by atoms with van der Waals surface area (Å²) in [5.41, 5.74) is -0.275. The van der Waals surface area contributed by atoms with Gasteiger partial charge in [-0.05, 0) is 25.2 Å². The number of hydrogen-bond donors (Lipinski definition) is 3. The van der Waals surface area contributed by atoms with E-state index in [4.69, 9.17) is 5.11 Å². The first kappa shape index (κ1) is 15.9. The first-order valence-electron chi connectivity index (χ1n) is 6.40. The first-order chi connectivity index (χ1) is 8.84. The van der Waals surface area contributed by atoms with Crippen LogP contribution in [-0.4, -0.2) is 45.9 Å². The molecular formula is C12H22N2O4S. The number of nitrogens with one attached hydrogen (secondary N) is 2. The molecule has 0 bridgehead atoms. The number of carboxylic acids is 1. The zero-order valence-corrected chi connectivity index (χ0v) is 12.2. The third-order valence-electron chi connectivity index (χ3n) is 3.68. The Morgan fingerprint density at radius 3 is 2.42 bits per heavy atom. The van der Waals surface area contributed by atoms with Crippen molar-refractivity contribution >= 4 is 22.8 Å². The minimum absolute atomic E-state index is 0.0950. The van der Waals surface area contributed by atoms with Crippen LogP contribution in [0.15, 0.2) is 0 Å². The fourth-order valence-electron chi connectivity index (χ4n) is 2.10. The van der Waals surface area contributed by atoms with Crippen molar-refractivity contribution < 1.29 is 18.9 Å². The molecule has 0 spiro atoms. The second-order valence-corrected chi connectivity index (χ2v) is 7.10. The van der Waals surface area contributed by atoms with Crippen LogP contribution < -0.4 is 10.6 Å². The molecular weight excluding hydrogens is 268 g/mol. The molecule has 1 rings (SSSR count). The van der Waals surface area contributed by atoms with Gasteiger partial charge in [-0.25, -0.2) is 4.79 Å². The minimum atomic E-state index is -0.966. The van der Waals surface area contributed by atoms with Gasteiger partial charge in [-0.3, -0.25) is 9.00 Å². The van der Waals surface area contributed by atoms with Crippen molar-refractivity contribution in [3.63, 3.8) is 0 Å². The van der Waals surface area contributed by atoms with Crippen molar-refractivity contribution in [3.8, 4) is 0 Å². The molecule has 0 aromatic carbocycles. The van der Waals surface area contributed by atoms with Crippen molar-refractivity contribution in [1.82, 2.24) is 10.6 Å². The average molecular weight is 290 g/mol. The second kappa shape index (κ2) is 6.88. The largest absolute Gasteiger partial charge is 0.481 e. The summed E-state index contributed by atoms with van der Waals surface area (Å²) in [6, 6.07) is -0.325. The summed E-state index contributed by atoms with van der Waals surface area (Å²) in [7, 11) is -0.966. The summed E-state index contributed by atoms with van der Waals surface area (Å²) in [6.45, 7) is 2.53. The number of rotatable bonds is 7. The van der Waals surface area contributed by atoms with E-state index in [1.54, 1.807) is 13.2 Å². The first-order valence-corrected chi connectivity index (χ1v) is 8.02. The molecule has 1 saturated carbocycles. The Kier molecular flexibility index (Phi) is 5.78. The molecule has 1 fully saturated rings. The Labute approximate surface area is 115 Å². The zero-order valence-electron chi connectivity index (χ0n) is 11.4. The molecule has 1 aliphatic rings. The van der Waals surface area contributed by atoms with Gasteiger partial charge in [0.05, 0.1) is 6.42 Å². The molecule has 110 valence electrons. The van der Waals surface area contributed by atoms with E-state index in [1.165, 1.54) is 0 Å². The van der Waals surface area contributed by atoms with Gasteiger partial charge in [0.15, 0.2) is 0 Å². The fraction of sp³-hybridized carbons (Fsp3) is 0.833. The van der Waals surface area contributed by atoms with Crippen molar-refractivity contribution in [2.75, 3.05) is 19.3 Å². The van der Waals surface area contributed by atoms with Crippen LogP contribution in [0.4, 0.5) is 4.79 Å². The summed E-state index contributed by atoms with van der Waals surface area (Å²) in [4.78, 5) is 22.4. The summed E-state index contributed by atoms with van der Waals surface area (Å²) >= 11 is 0. The Balaban J connectivity index is 2.29. The third kappa shape index (κ3) is 5.18. The number of amides is 2. The van der Waals surface area contributed by atoms with Gasteiger partial charge in [0, 0.05) is 35.4 Å². The Morgan fingerprint density at radius 1 is 1.37 bits per heavy atom.